The molecule has 0 aromatic heterocycles. The van der Waals surface area contributed by atoms with Gasteiger partial charge in [-0.25, -0.2) is 8.42 Å². The Balaban J connectivity index is 2.37. The molecule has 0 fully saturated rings. The highest BCUT2D eigenvalue weighted by molar-refractivity contribution is 7.90. The third-order valence-electron chi connectivity index (χ3n) is 2.96. The highest BCUT2D eigenvalue weighted by atomic mass is 32.2. The molecule has 0 saturated heterocycles. The summed E-state index contributed by atoms with van der Waals surface area (Å²) in [7, 11) is -2.86. The van der Waals surface area contributed by atoms with Gasteiger partial charge in [-0.15, -0.1) is 0 Å². The van der Waals surface area contributed by atoms with Crippen LogP contribution in [0.1, 0.15) is 12.5 Å². The molecule has 0 aliphatic rings. The summed E-state index contributed by atoms with van der Waals surface area (Å²) in [6.07, 6.45) is 1.26. The summed E-state index contributed by atoms with van der Waals surface area (Å²) in [6, 6.07) is 8.42. The van der Waals surface area contributed by atoms with Crippen LogP contribution >= 0.6 is 0 Å². The Kier molecular flexibility index (Phi) is 6.31. The second kappa shape index (κ2) is 7.50. The van der Waals surface area contributed by atoms with Crippen LogP contribution in [0.2, 0.25) is 0 Å². The van der Waals surface area contributed by atoms with E-state index in [1.807, 2.05) is 0 Å². The number of anilines is 1. The molecule has 0 heterocycles. The van der Waals surface area contributed by atoms with Crippen LogP contribution in [0.4, 0.5) is 5.69 Å². The number of hydrogen-bond acceptors (Lipinski definition) is 4. The normalized spacial score (nSPS) is 11.5. The Labute approximate surface area is 116 Å². The van der Waals surface area contributed by atoms with Crippen LogP contribution in [0.15, 0.2) is 24.3 Å². The van der Waals surface area contributed by atoms with Crippen LogP contribution in [-0.4, -0.2) is 46.6 Å². The van der Waals surface area contributed by atoms with Crippen LogP contribution in [0.3, 0.4) is 0 Å². The highest BCUT2D eigenvalue weighted by Gasteiger charge is 2.04. The van der Waals surface area contributed by atoms with Crippen LogP contribution in [0, 0.1) is 6.92 Å². The van der Waals surface area contributed by atoms with Crippen molar-refractivity contribution >= 4 is 15.5 Å². The molecule has 0 saturated carbocycles. The molecule has 108 valence electrons. The topological polar surface area (TPSA) is 49.4 Å². The maximum atomic E-state index is 11.0. The number of likely N-dealkylation sites (N-methyl/N-ethyl adjacent to an activating group) is 1. The van der Waals surface area contributed by atoms with Gasteiger partial charge in [0.05, 0.1) is 5.75 Å². The first kappa shape index (κ1) is 16.0. The van der Waals surface area contributed by atoms with Crippen LogP contribution < -0.4 is 10.2 Å². The third kappa shape index (κ3) is 6.59. The van der Waals surface area contributed by atoms with Crippen molar-refractivity contribution in [2.24, 2.45) is 0 Å². The van der Waals surface area contributed by atoms with Crippen LogP contribution in [-0.2, 0) is 9.84 Å². The van der Waals surface area contributed by atoms with Gasteiger partial charge in [-0.3, -0.25) is 0 Å². The van der Waals surface area contributed by atoms with Gasteiger partial charge in [0.15, 0.2) is 0 Å². The Morgan fingerprint density at radius 2 is 2.00 bits per heavy atom. The molecule has 19 heavy (non-hydrogen) atoms. The van der Waals surface area contributed by atoms with Crippen LogP contribution in [0.5, 0.6) is 0 Å². The fourth-order valence-electron chi connectivity index (χ4n) is 1.89. The number of rotatable bonds is 8. The molecule has 5 heteroatoms. The molecule has 0 bridgehead atoms. The van der Waals surface area contributed by atoms with E-state index in [-0.39, 0.29) is 5.75 Å². The summed E-state index contributed by atoms with van der Waals surface area (Å²) in [5.41, 5.74) is 2.47. The SMILES string of the molecule is CCN(CCNCCS(C)(=O)=O)c1cccc(C)c1. The number of benzene rings is 1. The first-order valence-corrected chi connectivity index (χ1v) is 8.68. The first-order chi connectivity index (χ1) is 8.92. The summed E-state index contributed by atoms with van der Waals surface area (Å²) < 4.78 is 22.0. The van der Waals surface area contributed by atoms with E-state index in [2.05, 4.69) is 48.3 Å². The maximum Gasteiger partial charge on any atom is 0.148 e. The summed E-state index contributed by atoms with van der Waals surface area (Å²) in [5.74, 6) is 0.198. The van der Waals surface area contributed by atoms with Crippen molar-refractivity contribution in [1.82, 2.24) is 5.32 Å². The number of hydrogen-bond donors (Lipinski definition) is 1. The summed E-state index contributed by atoms with van der Waals surface area (Å²) >= 11 is 0. The number of sulfone groups is 1. The third-order valence-corrected chi connectivity index (χ3v) is 3.90. The standard InChI is InChI=1S/C14H24N2O2S/c1-4-16(14-7-5-6-13(2)12-14)10-8-15-9-11-19(3,17)18/h5-7,12,15H,4,8-11H2,1-3H3. The molecule has 1 rings (SSSR count). The number of nitrogens with zero attached hydrogens (tertiary/aromatic N) is 1. The second-order valence-electron chi connectivity index (χ2n) is 4.80. The van der Waals surface area contributed by atoms with Gasteiger partial charge in [-0.1, -0.05) is 12.1 Å². The van der Waals surface area contributed by atoms with Crippen LogP contribution in [0.25, 0.3) is 0 Å². The fraction of sp³-hybridized carbons (Fsp3) is 0.571. The van der Waals surface area contributed by atoms with Gasteiger partial charge in [0.1, 0.15) is 9.84 Å². The predicted molar refractivity (Wildman–Crippen MR) is 81.6 cm³/mol. The van der Waals surface area contributed by atoms with E-state index in [0.717, 1.165) is 19.6 Å². The van der Waals surface area contributed by atoms with Crippen molar-refractivity contribution in [3.8, 4) is 0 Å². The molecule has 0 amide bonds. The zero-order valence-electron chi connectivity index (χ0n) is 12.0. The van der Waals surface area contributed by atoms with Crippen molar-refractivity contribution in [3.05, 3.63) is 29.8 Å². The lowest BCUT2D eigenvalue weighted by Gasteiger charge is -2.23. The van der Waals surface area contributed by atoms with Crippen molar-refractivity contribution in [1.29, 1.82) is 0 Å². The van der Waals surface area contributed by atoms with Crippen molar-refractivity contribution in [3.63, 3.8) is 0 Å². The Morgan fingerprint density at radius 3 is 2.58 bits per heavy atom. The minimum Gasteiger partial charge on any atom is -0.371 e. The van der Waals surface area contributed by atoms with E-state index in [4.69, 9.17) is 0 Å². The Hall–Kier alpha value is -1.07. The number of aryl methyl sites for hydroxylation is 1. The van der Waals surface area contributed by atoms with Crippen molar-refractivity contribution < 1.29 is 8.42 Å². The molecule has 0 radical (unpaired) electrons. The van der Waals surface area contributed by atoms with E-state index in [1.54, 1.807) is 0 Å². The Bertz CT molecular complexity index is 486. The molecule has 4 nitrogen and oxygen atoms in total. The molecule has 1 aromatic rings. The monoisotopic (exact) mass is 284 g/mol. The molecule has 0 spiro atoms. The van der Waals surface area contributed by atoms with E-state index < -0.39 is 9.84 Å². The lowest BCUT2D eigenvalue weighted by atomic mass is 10.2. The number of nitrogens with one attached hydrogen (secondary N) is 1. The van der Waals surface area contributed by atoms with Gasteiger partial charge < -0.3 is 10.2 Å². The zero-order valence-corrected chi connectivity index (χ0v) is 12.8. The largest absolute Gasteiger partial charge is 0.371 e. The van der Waals surface area contributed by atoms with Gasteiger partial charge in [0, 0.05) is 38.1 Å². The molecule has 0 unspecified atom stereocenters. The molecule has 1 N–H and O–H groups in total. The predicted octanol–water partition coefficient (Wildman–Crippen LogP) is 1.46. The van der Waals surface area contributed by atoms with E-state index in [1.165, 1.54) is 17.5 Å². The van der Waals surface area contributed by atoms with Gasteiger partial charge in [0.25, 0.3) is 0 Å². The highest BCUT2D eigenvalue weighted by Crippen LogP contribution is 2.14. The van der Waals surface area contributed by atoms with E-state index in [9.17, 15) is 8.42 Å². The van der Waals surface area contributed by atoms with Crippen molar-refractivity contribution in [2.45, 2.75) is 13.8 Å². The second-order valence-corrected chi connectivity index (χ2v) is 7.06. The minimum absolute atomic E-state index is 0.198. The maximum absolute atomic E-state index is 11.0. The molecule has 1 aromatic carbocycles. The summed E-state index contributed by atoms with van der Waals surface area (Å²) in [4.78, 5) is 2.28. The lowest BCUT2D eigenvalue weighted by Crippen LogP contribution is -2.33. The van der Waals surface area contributed by atoms with E-state index in [0.29, 0.717) is 6.54 Å². The molecule has 0 atom stereocenters. The Morgan fingerprint density at radius 1 is 1.26 bits per heavy atom. The average Bonchev–Trinajstić information content (AvgIpc) is 2.32. The molecular formula is C14H24N2O2S. The van der Waals surface area contributed by atoms with Gasteiger partial charge >= 0.3 is 0 Å². The summed E-state index contributed by atoms with van der Waals surface area (Å²) in [5, 5.41) is 3.17. The fourth-order valence-corrected chi connectivity index (χ4v) is 2.41. The van der Waals surface area contributed by atoms with E-state index >= 15 is 0 Å². The van der Waals surface area contributed by atoms with Crippen molar-refractivity contribution in [2.75, 3.05) is 43.1 Å². The smallest absolute Gasteiger partial charge is 0.148 e. The van der Waals surface area contributed by atoms with Gasteiger partial charge in [0.2, 0.25) is 0 Å². The van der Waals surface area contributed by atoms with Gasteiger partial charge in [-0.05, 0) is 31.5 Å². The summed E-state index contributed by atoms with van der Waals surface area (Å²) in [6.45, 7) is 7.34. The average molecular weight is 284 g/mol. The lowest BCUT2D eigenvalue weighted by molar-refractivity contribution is 0.596. The first-order valence-electron chi connectivity index (χ1n) is 6.62. The zero-order chi connectivity index (χ0) is 14.3. The minimum atomic E-state index is -2.86. The molecule has 0 aliphatic heterocycles. The molecular weight excluding hydrogens is 260 g/mol. The molecule has 0 aliphatic carbocycles. The quantitative estimate of drug-likeness (QED) is 0.734. The van der Waals surface area contributed by atoms with Gasteiger partial charge in [-0.2, -0.15) is 0 Å².